The quantitative estimate of drug-likeness (QED) is 0.852. The Balaban J connectivity index is 2.13. The molecule has 5 heteroatoms. The van der Waals surface area contributed by atoms with E-state index in [0.29, 0.717) is 31.5 Å². The van der Waals surface area contributed by atoms with Crippen molar-refractivity contribution in [1.82, 2.24) is 4.90 Å². The molecule has 0 aromatic heterocycles. The first-order chi connectivity index (χ1) is 8.39. The fourth-order valence-corrected chi connectivity index (χ4v) is 2.27. The van der Waals surface area contributed by atoms with Gasteiger partial charge in [-0.15, -0.1) is 0 Å². The molecule has 0 saturated carbocycles. The van der Waals surface area contributed by atoms with Crippen molar-refractivity contribution in [2.45, 2.75) is 25.4 Å². The van der Waals surface area contributed by atoms with Gasteiger partial charge in [-0.2, -0.15) is 0 Å². The van der Waals surface area contributed by atoms with Gasteiger partial charge in [0.25, 0.3) is 5.91 Å². The summed E-state index contributed by atoms with van der Waals surface area (Å²) in [5, 5.41) is 9.94. The molecule has 1 amide bonds. The molecule has 0 radical (unpaired) electrons. The molecule has 1 aliphatic heterocycles. The van der Waals surface area contributed by atoms with E-state index in [9.17, 15) is 14.3 Å². The zero-order valence-corrected chi connectivity index (χ0v) is 10.9. The van der Waals surface area contributed by atoms with E-state index in [1.807, 2.05) is 0 Å². The van der Waals surface area contributed by atoms with Crippen LogP contribution in [-0.4, -0.2) is 34.6 Å². The molecule has 1 aromatic rings. The first-order valence-corrected chi connectivity index (χ1v) is 6.23. The molecule has 1 saturated heterocycles. The van der Waals surface area contributed by atoms with Gasteiger partial charge in [0.2, 0.25) is 0 Å². The molecule has 0 aliphatic carbocycles. The van der Waals surface area contributed by atoms with E-state index in [2.05, 4.69) is 0 Å². The number of benzene rings is 1. The number of piperidine rings is 1. The second kappa shape index (κ2) is 4.86. The molecule has 1 aliphatic rings. The maximum absolute atomic E-state index is 12.9. The van der Waals surface area contributed by atoms with Gasteiger partial charge in [-0.05, 0) is 38.0 Å². The van der Waals surface area contributed by atoms with E-state index >= 15 is 0 Å². The Morgan fingerprint density at radius 2 is 2.06 bits per heavy atom. The smallest absolute Gasteiger partial charge is 0.255 e. The van der Waals surface area contributed by atoms with Crippen LogP contribution in [0, 0.1) is 5.82 Å². The molecule has 1 N–H and O–H groups in total. The van der Waals surface area contributed by atoms with Gasteiger partial charge in [0.1, 0.15) is 5.82 Å². The lowest BCUT2D eigenvalue weighted by atomic mass is 9.93. The molecule has 0 atom stereocenters. The Labute approximate surface area is 110 Å². The summed E-state index contributed by atoms with van der Waals surface area (Å²) in [7, 11) is 0. The van der Waals surface area contributed by atoms with Crippen LogP contribution >= 0.6 is 11.6 Å². The van der Waals surface area contributed by atoms with Gasteiger partial charge in [-0.3, -0.25) is 4.79 Å². The number of aliphatic hydroxyl groups is 1. The van der Waals surface area contributed by atoms with Crippen LogP contribution in [0.2, 0.25) is 5.02 Å². The lowest BCUT2D eigenvalue weighted by Crippen LogP contribution is -2.45. The summed E-state index contributed by atoms with van der Waals surface area (Å²) in [5.41, 5.74) is -0.400. The average Bonchev–Trinajstić information content (AvgIpc) is 2.28. The van der Waals surface area contributed by atoms with Gasteiger partial charge in [-0.25, -0.2) is 4.39 Å². The highest BCUT2D eigenvalue weighted by molar-refractivity contribution is 6.33. The van der Waals surface area contributed by atoms with Crippen molar-refractivity contribution in [1.29, 1.82) is 0 Å². The van der Waals surface area contributed by atoms with Crippen LogP contribution in [-0.2, 0) is 0 Å². The zero-order valence-electron chi connectivity index (χ0n) is 10.1. The van der Waals surface area contributed by atoms with Crippen LogP contribution in [0.15, 0.2) is 18.2 Å². The molecule has 1 heterocycles. The summed E-state index contributed by atoms with van der Waals surface area (Å²) in [6.07, 6.45) is 1.08. The number of hydrogen-bond acceptors (Lipinski definition) is 2. The third-order valence-corrected chi connectivity index (χ3v) is 3.60. The topological polar surface area (TPSA) is 40.5 Å². The van der Waals surface area contributed by atoms with Crippen molar-refractivity contribution in [2.24, 2.45) is 0 Å². The summed E-state index contributed by atoms with van der Waals surface area (Å²) in [4.78, 5) is 13.8. The summed E-state index contributed by atoms with van der Waals surface area (Å²) in [6.45, 7) is 2.73. The number of hydrogen-bond donors (Lipinski definition) is 1. The minimum Gasteiger partial charge on any atom is -0.390 e. The monoisotopic (exact) mass is 271 g/mol. The van der Waals surface area contributed by atoms with Gasteiger partial charge in [-0.1, -0.05) is 11.6 Å². The van der Waals surface area contributed by atoms with Crippen molar-refractivity contribution in [3.8, 4) is 0 Å². The summed E-state index contributed by atoms with van der Waals surface area (Å²) < 4.78 is 12.9. The van der Waals surface area contributed by atoms with E-state index < -0.39 is 11.4 Å². The largest absolute Gasteiger partial charge is 0.390 e. The first-order valence-electron chi connectivity index (χ1n) is 5.86. The number of carbonyl (C=O) groups is 1. The standard InChI is InChI=1S/C13H15ClFNO2/c1-13(18)4-6-16(7-5-13)12(17)10-3-2-9(15)8-11(10)14/h2-3,8,18H,4-7H2,1H3. The molecule has 98 valence electrons. The van der Waals surface area contributed by atoms with Crippen molar-refractivity contribution in [3.05, 3.63) is 34.6 Å². The minimum atomic E-state index is -0.705. The number of carbonyl (C=O) groups excluding carboxylic acids is 1. The van der Waals surface area contributed by atoms with Crippen LogP contribution in [0.25, 0.3) is 0 Å². The van der Waals surface area contributed by atoms with Gasteiger partial charge in [0, 0.05) is 13.1 Å². The Hall–Kier alpha value is -1.13. The highest BCUT2D eigenvalue weighted by Crippen LogP contribution is 2.25. The SMILES string of the molecule is CC1(O)CCN(C(=O)c2ccc(F)cc2Cl)CC1. The zero-order chi connectivity index (χ0) is 13.3. The first kappa shape index (κ1) is 13.3. The van der Waals surface area contributed by atoms with Gasteiger partial charge >= 0.3 is 0 Å². The van der Waals surface area contributed by atoms with Crippen molar-refractivity contribution in [2.75, 3.05) is 13.1 Å². The Morgan fingerprint density at radius 3 is 2.61 bits per heavy atom. The van der Waals surface area contributed by atoms with Crippen molar-refractivity contribution in [3.63, 3.8) is 0 Å². The van der Waals surface area contributed by atoms with Crippen molar-refractivity contribution >= 4 is 17.5 Å². The highest BCUT2D eigenvalue weighted by Gasteiger charge is 2.30. The van der Waals surface area contributed by atoms with Crippen LogP contribution in [0.1, 0.15) is 30.1 Å². The summed E-state index contributed by atoms with van der Waals surface area (Å²) in [5.74, 6) is -0.673. The molecule has 3 nitrogen and oxygen atoms in total. The number of rotatable bonds is 1. The predicted molar refractivity (Wildman–Crippen MR) is 67.2 cm³/mol. The number of nitrogens with zero attached hydrogens (tertiary/aromatic N) is 1. The van der Waals surface area contributed by atoms with Gasteiger partial charge in [0.15, 0.2) is 0 Å². The Morgan fingerprint density at radius 1 is 1.44 bits per heavy atom. The van der Waals surface area contributed by atoms with Crippen LogP contribution in [0.3, 0.4) is 0 Å². The molecule has 0 spiro atoms. The van der Waals surface area contributed by atoms with E-state index in [4.69, 9.17) is 11.6 Å². The van der Waals surface area contributed by atoms with Gasteiger partial charge in [0.05, 0.1) is 16.2 Å². The Bertz CT molecular complexity index is 466. The lowest BCUT2D eigenvalue weighted by Gasteiger charge is -2.35. The summed E-state index contributed by atoms with van der Waals surface area (Å²) >= 11 is 5.86. The molecular weight excluding hydrogens is 257 g/mol. The minimum absolute atomic E-state index is 0.123. The lowest BCUT2D eigenvalue weighted by molar-refractivity contribution is -0.00201. The molecular formula is C13H15ClFNO2. The number of likely N-dealkylation sites (tertiary alicyclic amines) is 1. The molecule has 18 heavy (non-hydrogen) atoms. The maximum atomic E-state index is 12.9. The fraction of sp³-hybridized carbons (Fsp3) is 0.462. The molecule has 2 rings (SSSR count). The Kier molecular flexibility index (Phi) is 3.59. The van der Waals surface area contributed by atoms with E-state index in [0.717, 1.165) is 6.07 Å². The van der Waals surface area contributed by atoms with E-state index in [-0.39, 0.29) is 10.9 Å². The van der Waals surface area contributed by atoms with E-state index in [1.165, 1.54) is 12.1 Å². The molecule has 1 aromatic carbocycles. The van der Waals surface area contributed by atoms with Crippen LogP contribution in [0.4, 0.5) is 4.39 Å². The second-order valence-electron chi connectivity index (χ2n) is 4.91. The van der Waals surface area contributed by atoms with E-state index in [1.54, 1.807) is 11.8 Å². The average molecular weight is 272 g/mol. The third kappa shape index (κ3) is 2.82. The van der Waals surface area contributed by atoms with Crippen molar-refractivity contribution < 1.29 is 14.3 Å². The summed E-state index contributed by atoms with van der Waals surface area (Å²) in [6, 6.07) is 3.75. The number of halogens is 2. The molecule has 0 unspecified atom stereocenters. The molecule has 0 bridgehead atoms. The third-order valence-electron chi connectivity index (χ3n) is 3.29. The highest BCUT2D eigenvalue weighted by atomic mass is 35.5. The number of amides is 1. The molecule has 1 fully saturated rings. The van der Waals surface area contributed by atoms with Crippen LogP contribution in [0.5, 0.6) is 0 Å². The van der Waals surface area contributed by atoms with Gasteiger partial charge < -0.3 is 10.0 Å². The predicted octanol–water partition coefficient (Wildman–Crippen LogP) is 2.47. The maximum Gasteiger partial charge on any atom is 0.255 e. The van der Waals surface area contributed by atoms with Crippen LogP contribution < -0.4 is 0 Å². The normalized spacial score (nSPS) is 18.8. The second-order valence-corrected chi connectivity index (χ2v) is 5.32. The fourth-order valence-electron chi connectivity index (χ4n) is 2.02.